The zero-order chi connectivity index (χ0) is 16.1. The quantitative estimate of drug-likeness (QED) is 0.907. The largest absolute Gasteiger partial charge is 0.326 e. The molecular formula is C16H14F2N2O2. The van der Waals surface area contributed by atoms with Gasteiger partial charge in [0.1, 0.15) is 11.6 Å². The molecule has 0 aromatic heterocycles. The van der Waals surface area contributed by atoms with Crippen molar-refractivity contribution in [1.82, 2.24) is 0 Å². The molecule has 6 heteroatoms. The van der Waals surface area contributed by atoms with E-state index in [0.29, 0.717) is 23.9 Å². The van der Waals surface area contributed by atoms with Crippen LogP contribution in [0.25, 0.3) is 0 Å². The van der Waals surface area contributed by atoms with Gasteiger partial charge in [-0.25, -0.2) is 8.78 Å². The summed E-state index contributed by atoms with van der Waals surface area (Å²) in [5.74, 6) is -2.45. The van der Waals surface area contributed by atoms with E-state index < -0.39 is 17.5 Å². The lowest BCUT2D eigenvalue weighted by atomic mass is 10.2. The van der Waals surface area contributed by atoms with Gasteiger partial charge < -0.3 is 10.6 Å². The van der Waals surface area contributed by atoms with Gasteiger partial charge in [0.05, 0.1) is 0 Å². The maximum Gasteiger partial charge on any atom is 0.255 e. The monoisotopic (exact) mass is 304 g/mol. The lowest BCUT2D eigenvalue weighted by Gasteiger charge is -2.08. The lowest BCUT2D eigenvalue weighted by molar-refractivity contribution is -0.115. The third-order valence-corrected chi connectivity index (χ3v) is 2.85. The van der Waals surface area contributed by atoms with Crippen molar-refractivity contribution < 1.29 is 18.4 Å². The number of anilines is 2. The second-order valence-electron chi connectivity index (χ2n) is 4.59. The molecule has 0 heterocycles. The normalized spacial score (nSPS) is 10.1. The lowest BCUT2D eigenvalue weighted by Crippen LogP contribution is -2.13. The van der Waals surface area contributed by atoms with Crippen molar-refractivity contribution in [2.75, 3.05) is 10.6 Å². The van der Waals surface area contributed by atoms with Crippen molar-refractivity contribution >= 4 is 23.2 Å². The average molecular weight is 304 g/mol. The third-order valence-electron chi connectivity index (χ3n) is 2.85. The average Bonchev–Trinajstić information content (AvgIpc) is 2.46. The van der Waals surface area contributed by atoms with Crippen LogP contribution in [0, 0.1) is 11.6 Å². The van der Waals surface area contributed by atoms with Gasteiger partial charge >= 0.3 is 0 Å². The third kappa shape index (κ3) is 4.12. The Bertz CT molecular complexity index is 697. The summed E-state index contributed by atoms with van der Waals surface area (Å²) >= 11 is 0. The maximum atomic E-state index is 13.1. The van der Waals surface area contributed by atoms with Crippen LogP contribution in [0.3, 0.4) is 0 Å². The molecule has 2 amide bonds. The van der Waals surface area contributed by atoms with E-state index in [9.17, 15) is 18.4 Å². The number of carbonyl (C=O) groups excluding carboxylic acids is 2. The molecule has 2 aromatic rings. The molecule has 0 fully saturated rings. The number of amides is 2. The Kier molecular flexibility index (Phi) is 4.83. The number of halogens is 2. The number of carbonyl (C=O) groups is 2. The zero-order valence-corrected chi connectivity index (χ0v) is 11.8. The molecule has 2 rings (SSSR count). The van der Waals surface area contributed by atoms with E-state index in [1.165, 1.54) is 0 Å². The summed E-state index contributed by atoms with van der Waals surface area (Å²) in [6, 6.07) is 9.06. The first-order chi connectivity index (χ1) is 10.5. The molecular weight excluding hydrogens is 290 g/mol. The van der Waals surface area contributed by atoms with Crippen LogP contribution < -0.4 is 10.6 Å². The Labute approximate surface area is 126 Å². The van der Waals surface area contributed by atoms with Gasteiger partial charge in [-0.3, -0.25) is 9.59 Å². The SMILES string of the molecule is CCC(=O)Nc1cccc(NC(=O)c2cc(F)cc(F)c2)c1. The van der Waals surface area contributed by atoms with Gasteiger partial charge in [0.25, 0.3) is 5.91 Å². The molecule has 0 spiro atoms. The number of rotatable bonds is 4. The van der Waals surface area contributed by atoms with Gasteiger partial charge in [-0.1, -0.05) is 13.0 Å². The molecule has 0 unspecified atom stereocenters. The fourth-order valence-electron chi connectivity index (χ4n) is 1.81. The van der Waals surface area contributed by atoms with Gasteiger partial charge in [0.2, 0.25) is 5.91 Å². The van der Waals surface area contributed by atoms with Crippen LogP contribution in [-0.4, -0.2) is 11.8 Å². The molecule has 0 aliphatic rings. The van der Waals surface area contributed by atoms with Crippen LogP contribution in [0.1, 0.15) is 23.7 Å². The molecule has 0 radical (unpaired) electrons. The van der Waals surface area contributed by atoms with E-state index in [2.05, 4.69) is 10.6 Å². The van der Waals surface area contributed by atoms with E-state index in [1.54, 1.807) is 31.2 Å². The molecule has 0 atom stereocenters. The van der Waals surface area contributed by atoms with E-state index >= 15 is 0 Å². The fraction of sp³-hybridized carbons (Fsp3) is 0.125. The second kappa shape index (κ2) is 6.80. The standard InChI is InChI=1S/C16H14F2N2O2/c1-2-15(21)19-13-4-3-5-14(9-13)20-16(22)10-6-11(17)8-12(18)7-10/h3-9H,2H2,1H3,(H,19,21)(H,20,22). The summed E-state index contributed by atoms with van der Waals surface area (Å²) in [5, 5.41) is 5.17. The van der Waals surface area contributed by atoms with Gasteiger partial charge in [0.15, 0.2) is 0 Å². The van der Waals surface area contributed by atoms with Crippen LogP contribution in [0.15, 0.2) is 42.5 Å². The van der Waals surface area contributed by atoms with Crippen LogP contribution in [0.4, 0.5) is 20.2 Å². The van der Waals surface area contributed by atoms with E-state index in [0.717, 1.165) is 12.1 Å². The Morgan fingerprint density at radius 3 is 2.14 bits per heavy atom. The Morgan fingerprint density at radius 1 is 0.955 bits per heavy atom. The van der Waals surface area contributed by atoms with Crippen molar-refractivity contribution in [3.8, 4) is 0 Å². The number of hydrogen-bond donors (Lipinski definition) is 2. The summed E-state index contributed by atoms with van der Waals surface area (Å²) in [6.45, 7) is 1.72. The summed E-state index contributed by atoms with van der Waals surface area (Å²) < 4.78 is 26.2. The fourth-order valence-corrected chi connectivity index (χ4v) is 1.81. The molecule has 0 saturated carbocycles. The van der Waals surface area contributed by atoms with Gasteiger partial charge in [0, 0.05) is 29.4 Å². The highest BCUT2D eigenvalue weighted by atomic mass is 19.1. The first-order valence-corrected chi connectivity index (χ1v) is 6.65. The van der Waals surface area contributed by atoms with Crippen molar-refractivity contribution in [2.24, 2.45) is 0 Å². The van der Waals surface area contributed by atoms with Crippen LogP contribution >= 0.6 is 0 Å². The summed E-state index contributed by atoms with van der Waals surface area (Å²) in [5.41, 5.74) is 0.805. The summed E-state index contributed by atoms with van der Waals surface area (Å²) in [7, 11) is 0. The minimum absolute atomic E-state index is 0.125. The molecule has 4 nitrogen and oxygen atoms in total. The van der Waals surface area contributed by atoms with E-state index in [-0.39, 0.29) is 11.5 Å². The van der Waals surface area contributed by atoms with Crippen LogP contribution in [-0.2, 0) is 4.79 Å². The van der Waals surface area contributed by atoms with Gasteiger partial charge in [-0.2, -0.15) is 0 Å². The smallest absolute Gasteiger partial charge is 0.255 e. The van der Waals surface area contributed by atoms with E-state index in [4.69, 9.17) is 0 Å². The molecule has 2 N–H and O–H groups in total. The minimum atomic E-state index is -0.825. The molecule has 0 bridgehead atoms. The number of benzene rings is 2. The van der Waals surface area contributed by atoms with E-state index in [1.807, 2.05) is 0 Å². The molecule has 0 saturated heterocycles. The first kappa shape index (κ1) is 15.6. The first-order valence-electron chi connectivity index (χ1n) is 6.65. The van der Waals surface area contributed by atoms with Crippen LogP contribution in [0.5, 0.6) is 0 Å². The highest BCUT2D eigenvalue weighted by Gasteiger charge is 2.10. The van der Waals surface area contributed by atoms with Gasteiger partial charge in [-0.05, 0) is 30.3 Å². The van der Waals surface area contributed by atoms with Crippen LogP contribution in [0.2, 0.25) is 0 Å². The highest BCUT2D eigenvalue weighted by Crippen LogP contribution is 2.17. The number of hydrogen-bond acceptors (Lipinski definition) is 2. The Morgan fingerprint density at radius 2 is 1.55 bits per heavy atom. The second-order valence-corrected chi connectivity index (χ2v) is 4.59. The van der Waals surface area contributed by atoms with Crippen molar-refractivity contribution in [1.29, 1.82) is 0 Å². The van der Waals surface area contributed by atoms with Crippen molar-refractivity contribution in [2.45, 2.75) is 13.3 Å². The Balaban J connectivity index is 2.14. The van der Waals surface area contributed by atoms with Crippen molar-refractivity contribution in [3.05, 3.63) is 59.7 Å². The molecule has 0 aliphatic heterocycles. The highest BCUT2D eigenvalue weighted by molar-refractivity contribution is 6.04. The molecule has 0 aliphatic carbocycles. The summed E-state index contributed by atoms with van der Waals surface area (Å²) in [4.78, 5) is 23.3. The predicted octanol–water partition coefficient (Wildman–Crippen LogP) is 3.57. The maximum absolute atomic E-state index is 13.1. The Hall–Kier alpha value is -2.76. The predicted molar refractivity (Wildman–Crippen MR) is 79.7 cm³/mol. The number of nitrogens with one attached hydrogen (secondary N) is 2. The summed E-state index contributed by atoms with van der Waals surface area (Å²) in [6.07, 6.45) is 0.332. The molecule has 2 aromatic carbocycles. The van der Waals surface area contributed by atoms with Crippen molar-refractivity contribution in [3.63, 3.8) is 0 Å². The molecule has 114 valence electrons. The zero-order valence-electron chi connectivity index (χ0n) is 11.8. The topological polar surface area (TPSA) is 58.2 Å². The van der Waals surface area contributed by atoms with Gasteiger partial charge in [-0.15, -0.1) is 0 Å². The molecule has 22 heavy (non-hydrogen) atoms. The minimum Gasteiger partial charge on any atom is -0.326 e.